The van der Waals surface area contributed by atoms with Gasteiger partial charge in [0.15, 0.2) is 11.6 Å². The number of carboxylic acid groups (broad SMARTS) is 1. The molecule has 0 radical (unpaired) electrons. The van der Waals surface area contributed by atoms with Gasteiger partial charge in [-0.15, -0.1) is 0 Å². The molecule has 0 unspecified atom stereocenters. The summed E-state index contributed by atoms with van der Waals surface area (Å²) in [6.45, 7) is 0. The summed E-state index contributed by atoms with van der Waals surface area (Å²) in [5.41, 5.74) is 4.47. The summed E-state index contributed by atoms with van der Waals surface area (Å²) in [6, 6.07) is 3.80. The second-order valence-electron chi connectivity index (χ2n) is 4.81. The second-order valence-corrected chi connectivity index (χ2v) is 6.03. The van der Waals surface area contributed by atoms with Crippen molar-refractivity contribution < 1.29 is 19.5 Å². The van der Waals surface area contributed by atoms with Crippen LogP contribution < -0.4 is 5.73 Å². The van der Waals surface area contributed by atoms with Crippen LogP contribution in [0.1, 0.15) is 42.2 Å². The molecular formula is C15H6Cl3NO4. The zero-order valence-electron chi connectivity index (χ0n) is 11.1. The van der Waals surface area contributed by atoms with Crippen LogP contribution in [0.2, 0.25) is 15.1 Å². The monoisotopic (exact) mass is 369 g/mol. The van der Waals surface area contributed by atoms with E-state index in [4.69, 9.17) is 45.6 Å². The van der Waals surface area contributed by atoms with Gasteiger partial charge in [-0.2, -0.15) is 0 Å². The Morgan fingerprint density at radius 2 is 1.30 bits per heavy atom. The lowest BCUT2D eigenvalue weighted by molar-refractivity contribution is 0.0697. The summed E-state index contributed by atoms with van der Waals surface area (Å²) in [5, 5.41) is 9.03. The summed E-state index contributed by atoms with van der Waals surface area (Å²) < 4.78 is 0. The second kappa shape index (κ2) is 5.23. The zero-order chi connectivity index (χ0) is 17.0. The molecule has 5 nitrogen and oxygen atoms in total. The van der Waals surface area contributed by atoms with Crippen LogP contribution in [0.5, 0.6) is 0 Å². The van der Waals surface area contributed by atoms with Crippen LogP contribution in [-0.2, 0) is 0 Å². The molecule has 1 aliphatic carbocycles. The fourth-order valence-corrected chi connectivity index (χ4v) is 3.32. The van der Waals surface area contributed by atoms with Crippen LogP contribution in [0.15, 0.2) is 18.2 Å². The minimum atomic E-state index is -1.37. The molecule has 0 spiro atoms. The molecule has 2 aromatic rings. The van der Waals surface area contributed by atoms with Crippen molar-refractivity contribution in [1.82, 2.24) is 0 Å². The van der Waals surface area contributed by atoms with Crippen molar-refractivity contribution >= 4 is 58.0 Å². The maximum Gasteiger partial charge on any atom is 0.337 e. The van der Waals surface area contributed by atoms with E-state index in [1.165, 1.54) is 12.1 Å². The predicted molar refractivity (Wildman–Crippen MR) is 86.2 cm³/mol. The number of hydrogen-bond acceptors (Lipinski definition) is 4. The molecule has 0 amide bonds. The lowest BCUT2D eigenvalue weighted by atomic mass is 9.82. The van der Waals surface area contributed by atoms with Crippen LogP contribution in [0.4, 0.5) is 5.69 Å². The number of aromatic carboxylic acids is 1. The number of rotatable bonds is 1. The molecule has 0 atom stereocenters. The van der Waals surface area contributed by atoms with Gasteiger partial charge in [-0.05, 0) is 18.2 Å². The van der Waals surface area contributed by atoms with E-state index in [1.807, 2.05) is 0 Å². The van der Waals surface area contributed by atoms with Crippen molar-refractivity contribution in [3.63, 3.8) is 0 Å². The first-order valence-corrected chi connectivity index (χ1v) is 7.31. The van der Waals surface area contributed by atoms with E-state index < -0.39 is 17.5 Å². The van der Waals surface area contributed by atoms with Crippen molar-refractivity contribution in [1.29, 1.82) is 0 Å². The van der Waals surface area contributed by atoms with Crippen molar-refractivity contribution in [2.24, 2.45) is 0 Å². The van der Waals surface area contributed by atoms with Crippen LogP contribution >= 0.6 is 34.8 Å². The molecule has 0 saturated carbocycles. The van der Waals surface area contributed by atoms with E-state index in [0.717, 1.165) is 6.07 Å². The van der Waals surface area contributed by atoms with Crippen LogP contribution in [0.3, 0.4) is 0 Å². The van der Waals surface area contributed by atoms with E-state index in [1.54, 1.807) is 0 Å². The lowest BCUT2D eigenvalue weighted by Crippen LogP contribution is -2.25. The third-order valence-electron chi connectivity index (χ3n) is 3.56. The number of ketones is 2. The summed E-state index contributed by atoms with van der Waals surface area (Å²) in [5.74, 6) is -2.68. The minimum Gasteiger partial charge on any atom is -0.478 e. The number of carbonyl (C=O) groups is 3. The summed E-state index contributed by atoms with van der Waals surface area (Å²) in [7, 11) is 0. The number of nitrogen functional groups attached to an aromatic ring is 1. The zero-order valence-corrected chi connectivity index (χ0v) is 13.4. The molecule has 3 N–H and O–H groups in total. The van der Waals surface area contributed by atoms with E-state index >= 15 is 0 Å². The Morgan fingerprint density at radius 3 is 1.78 bits per heavy atom. The molecule has 3 rings (SSSR count). The largest absolute Gasteiger partial charge is 0.478 e. The summed E-state index contributed by atoms with van der Waals surface area (Å²) in [6.07, 6.45) is 0. The number of hydrogen-bond donors (Lipinski definition) is 2. The van der Waals surface area contributed by atoms with Gasteiger partial charge in [0.1, 0.15) is 0 Å². The van der Waals surface area contributed by atoms with Crippen LogP contribution in [-0.4, -0.2) is 22.6 Å². The lowest BCUT2D eigenvalue weighted by Gasteiger charge is -2.22. The normalized spacial score (nSPS) is 12.8. The van der Waals surface area contributed by atoms with Crippen LogP contribution in [0, 0.1) is 0 Å². The molecular weight excluding hydrogens is 365 g/mol. The highest BCUT2D eigenvalue weighted by Crippen LogP contribution is 2.41. The quantitative estimate of drug-likeness (QED) is 0.636. The number of anilines is 1. The minimum absolute atomic E-state index is 0.0182. The standard InChI is InChI=1S/C15H6Cl3NO4/c16-5-1-2-6(17)9-8(5)13(20)10-7(18)3-4(15(22)23)12(19)11(10)14(9)21/h1-3H,19H2,(H,22,23). The molecule has 0 saturated heterocycles. The number of benzene rings is 2. The third kappa shape index (κ3) is 2.12. The van der Waals surface area contributed by atoms with Crippen molar-refractivity contribution in [2.75, 3.05) is 5.73 Å². The Labute approximate surface area is 144 Å². The first-order valence-electron chi connectivity index (χ1n) is 6.18. The number of carbonyl (C=O) groups excluding carboxylic acids is 2. The Kier molecular flexibility index (Phi) is 3.59. The maximum atomic E-state index is 12.7. The number of fused-ring (bicyclic) bond motifs is 2. The first kappa shape index (κ1) is 15.8. The van der Waals surface area contributed by atoms with Gasteiger partial charge in [0.05, 0.1) is 48.6 Å². The predicted octanol–water partition coefficient (Wildman–Crippen LogP) is 3.70. The van der Waals surface area contributed by atoms with Gasteiger partial charge in [0.25, 0.3) is 0 Å². The fourth-order valence-electron chi connectivity index (χ4n) is 2.55. The van der Waals surface area contributed by atoms with Gasteiger partial charge in [-0.1, -0.05) is 34.8 Å². The van der Waals surface area contributed by atoms with Crippen LogP contribution in [0.25, 0.3) is 0 Å². The van der Waals surface area contributed by atoms with Gasteiger partial charge in [0.2, 0.25) is 0 Å². The number of carboxylic acids is 1. The first-order chi connectivity index (χ1) is 10.8. The smallest absolute Gasteiger partial charge is 0.337 e. The van der Waals surface area contributed by atoms with Crippen molar-refractivity contribution in [3.8, 4) is 0 Å². The highest BCUT2D eigenvalue weighted by Gasteiger charge is 2.37. The van der Waals surface area contributed by atoms with E-state index in [-0.39, 0.29) is 48.6 Å². The molecule has 0 aliphatic heterocycles. The Bertz CT molecular complexity index is 937. The van der Waals surface area contributed by atoms with Crippen molar-refractivity contribution in [2.45, 2.75) is 0 Å². The highest BCUT2D eigenvalue weighted by atomic mass is 35.5. The molecule has 0 aromatic heterocycles. The van der Waals surface area contributed by atoms with Gasteiger partial charge < -0.3 is 10.8 Å². The fraction of sp³-hybridized carbons (Fsp3) is 0. The van der Waals surface area contributed by atoms with E-state index in [2.05, 4.69) is 0 Å². The SMILES string of the molecule is Nc1c(C(=O)O)cc(Cl)c2c1C(=O)c1c(Cl)ccc(Cl)c1C2=O. The highest BCUT2D eigenvalue weighted by molar-refractivity contribution is 6.46. The van der Waals surface area contributed by atoms with Gasteiger partial charge >= 0.3 is 5.97 Å². The molecule has 8 heteroatoms. The Hall–Kier alpha value is -2.08. The topological polar surface area (TPSA) is 97.5 Å². The average molecular weight is 371 g/mol. The molecule has 0 bridgehead atoms. The van der Waals surface area contributed by atoms with E-state index in [0.29, 0.717) is 0 Å². The summed E-state index contributed by atoms with van der Waals surface area (Å²) >= 11 is 18.0. The molecule has 0 fully saturated rings. The molecule has 0 heterocycles. The molecule has 1 aliphatic rings. The number of halogens is 3. The molecule has 116 valence electrons. The van der Waals surface area contributed by atoms with Crippen molar-refractivity contribution in [3.05, 3.63) is 61.1 Å². The summed E-state index contributed by atoms with van der Waals surface area (Å²) in [4.78, 5) is 36.7. The van der Waals surface area contributed by atoms with Gasteiger partial charge in [-0.25, -0.2) is 4.79 Å². The Balaban J connectivity index is 2.46. The molecule has 2 aromatic carbocycles. The van der Waals surface area contributed by atoms with Gasteiger partial charge in [0, 0.05) is 0 Å². The average Bonchev–Trinajstić information content (AvgIpc) is 2.48. The third-order valence-corrected chi connectivity index (χ3v) is 4.49. The molecule has 23 heavy (non-hydrogen) atoms. The number of nitrogens with two attached hydrogens (primary N) is 1. The maximum absolute atomic E-state index is 12.7. The van der Waals surface area contributed by atoms with Gasteiger partial charge in [-0.3, -0.25) is 9.59 Å². The Morgan fingerprint density at radius 1 is 0.870 bits per heavy atom. The van der Waals surface area contributed by atoms with E-state index in [9.17, 15) is 14.4 Å².